The highest BCUT2D eigenvalue weighted by atomic mass is 35.5. The van der Waals surface area contributed by atoms with E-state index in [0.717, 1.165) is 5.56 Å². The van der Waals surface area contributed by atoms with Crippen molar-refractivity contribution in [1.82, 2.24) is 0 Å². The molecule has 0 saturated carbocycles. The second-order valence-corrected chi connectivity index (χ2v) is 6.76. The Morgan fingerprint density at radius 3 is 2.45 bits per heavy atom. The Morgan fingerprint density at radius 1 is 1.10 bits per heavy atom. The summed E-state index contributed by atoms with van der Waals surface area (Å²) in [5.74, 6) is -0.139. The van der Waals surface area contributed by atoms with Crippen LogP contribution in [0.5, 0.6) is 5.75 Å². The molecule has 0 spiro atoms. The largest absolute Gasteiger partial charge is 0.488 e. The van der Waals surface area contributed by atoms with Gasteiger partial charge in [-0.1, -0.05) is 41.9 Å². The molecule has 8 heteroatoms. The van der Waals surface area contributed by atoms with Crippen LogP contribution in [0.2, 0.25) is 5.02 Å². The molecule has 0 radical (unpaired) electrons. The maximum atomic E-state index is 12.5. The van der Waals surface area contributed by atoms with Gasteiger partial charge >= 0.3 is 0 Å². The monoisotopic (exact) mass is 433 g/mol. The molecule has 0 saturated heterocycles. The normalized spacial score (nSPS) is 10.8. The van der Waals surface area contributed by atoms with E-state index in [4.69, 9.17) is 16.3 Å². The van der Waals surface area contributed by atoms with E-state index < -0.39 is 10.8 Å². The first-order valence-corrected chi connectivity index (χ1v) is 9.48. The van der Waals surface area contributed by atoms with Crippen molar-refractivity contribution in [2.45, 2.75) is 6.61 Å². The van der Waals surface area contributed by atoms with E-state index >= 15 is 0 Å². The van der Waals surface area contributed by atoms with Crippen LogP contribution in [0, 0.1) is 21.4 Å². The minimum absolute atomic E-state index is 0.00437. The summed E-state index contributed by atoms with van der Waals surface area (Å²) in [5.41, 5.74) is 1.55. The minimum Gasteiger partial charge on any atom is -0.488 e. The van der Waals surface area contributed by atoms with Gasteiger partial charge in [0, 0.05) is 17.7 Å². The van der Waals surface area contributed by atoms with Crippen molar-refractivity contribution in [3.63, 3.8) is 0 Å². The molecule has 0 aliphatic rings. The number of ether oxygens (including phenoxy) is 1. The smallest absolute Gasteiger partial charge is 0.269 e. The summed E-state index contributed by atoms with van der Waals surface area (Å²) in [7, 11) is 0. The highest BCUT2D eigenvalue weighted by Gasteiger charge is 2.13. The van der Waals surface area contributed by atoms with E-state index in [0.29, 0.717) is 22.0 Å². The molecule has 154 valence electrons. The van der Waals surface area contributed by atoms with Crippen molar-refractivity contribution < 1.29 is 14.5 Å². The quantitative estimate of drug-likeness (QED) is 0.233. The average Bonchev–Trinajstić information content (AvgIpc) is 2.78. The number of anilines is 1. The standard InChI is InChI=1S/C23H16ClN3O4/c24-20-6-2-3-7-21(20)26-23(28)18(14-25)13-17-5-1-4-8-22(17)31-15-16-9-11-19(12-10-16)27(29)30/h1-13H,15H2,(H,26,28)/b18-13+. The fourth-order valence-electron chi connectivity index (χ4n) is 2.66. The number of nitrogens with zero attached hydrogens (tertiary/aromatic N) is 2. The molecule has 0 aromatic heterocycles. The number of carbonyl (C=O) groups excluding carboxylic acids is 1. The molecule has 1 N–H and O–H groups in total. The number of hydrogen-bond acceptors (Lipinski definition) is 5. The lowest BCUT2D eigenvalue weighted by atomic mass is 10.1. The summed E-state index contributed by atoms with van der Waals surface area (Å²) in [6, 6.07) is 21.6. The van der Waals surface area contributed by atoms with Crippen molar-refractivity contribution in [3.8, 4) is 11.8 Å². The summed E-state index contributed by atoms with van der Waals surface area (Å²) in [4.78, 5) is 22.8. The van der Waals surface area contributed by atoms with Gasteiger partial charge in [0.05, 0.1) is 15.6 Å². The number of benzene rings is 3. The van der Waals surface area contributed by atoms with Crippen molar-refractivity contribution >= 4 is 35.0 Å². The van der Waals surface area contributed by atoms with Crippen LogP contribution in [-0.2, 0) is 11.4 Å². The molecule has 7 nitrogen and oxygen atoms in total. The Hall–Kier alpha value is -4.15. The number of nitro benzene ring substituents is 1. The molecule has 3 aromatic rings. The first-order valence-electron chi connectivity index (χ1n) is 9.11. The van der Waals surface area contributed by atoms with Crippen LogP contribution >= 0.6 is 11.6 Å². The third-order valence-corrected chi connectivity index (χ3v) is 4.58. The van der Waals surface area contributed by atoms with Gasteiger partial charge in [-0.15, -0.1) is 0 Å². The first-order chi connectivity index (χ1) is 15.0. The fraction of sp³-hybridized carbons (Fsp3) is 0.0435. The van der Waals surface area contributed by atoms with Crippen LogP contribution in [0.15, 0.2) is 78.4 Å². The molecule has 0 fully saturated rings. The molecule has 0 aliphatic carbocycles. The molecule has 0 aliphatic heterocycles. The molecule has 3 rings (SSSR count). The zero-order valence-corrected chi connectivity index (χ0v) is 16.9. The number of halogens is 1. The van der Waals surface area contributed by atoms with E-state index in [2.05, 4.69) is 5.32 Å². The van der Waals surface area contributed by atoms with Gasteiger partial charge in [-0.2, -0.15) is 5.26 Å². The van der Waals surface area contributed by atoms with Crippen LogP contribution in [0.3, 0.4) is 0 Å². The Kier molecular flexibility index (Phi) is 6.99. The molecule has 3 aromatic carbocycles. The number of nitriles is 1. The molecule has 0 bridgehead atoms. The molecular weight excluding hydrogens is 418 g/mol. The number of carbonyl (C=O) groups is 1. The molecule has 0 unspecified atom stereocenters. The van der Waals surface area contributed by atoms with E-state index in [1.807, 2.05) is 6.07 Å². The molecule has 31 heavy (non-hydrogen) atoms. The van der Waals surface area contributed by atoms with Crippen molar-refractivity contribution in [3.05, 3.63) is 105 Å². The summed E-state index contributed by atoms with van der Waals surface area (Å²) in [6.45, 7) is 0.163. The lowest BCUT2D eigenvalue weighted by Gasteiger charge is -2.10. The van der Waals surface area contributed by atoms with Gasteiger partial charge in [-0.05, 0) is 42.0 Å². The van der Waals surface area contributed by atoms with Crippen molar-refractivity contribution in [2.75, 3.05) is 5.32 Å². The van der Waals surface area contributed by atoms with Gasteiger partial charge < -0.3 is 10.1 Å². The molecule has 0 atom stereocenters. The summed E-state index contributed by atoms with van der Waals surface area (Å²) in [6.07, 6.45) is 1.43. The summed E-state index contributed by atoms with van der Waals surface area (Å²) in [5, 5.41) is 23.2. The van der Waals surface area contributed by atoms with E-state index in [1.165, 1.54) is 18.2 Å². The summed E-state index contributed by atoms with van der Waals surface area (Å²) >= 11 is 6.05. The second-order valence-electron chi connectivity index (χ2n) is 6.35. The van der Waals surface area contributed by atoms with E-state index in [-0.39, 0.29) is 17.9 Å². The van der Waals surface area contributed by atoms with Gasteiger partial charge in [-0.3, -0.25) is 14.9 Å². The zero-order valence-electron chi connectivity index (χ0n) is 16.1. The third-order valence-electron chi connectivity index (χ3n) is 4.25. The zero-order chi connectivity index (χ0) is 22.2. The number of rotatable bonds is 7. The predicted molar refractivity (Wildman–Crippen MR) is 118 cm³/mol. The molecular formula is C23H16ClN3O4. The Balaban J connectivity index is 1.77. The maximum absolute atomic E-state index is 12.5. The number of nitrogens with one attached hydrogen (secondary N) is 1. The Bertz CT molecular complexity index is 1180. The maximum Gasteiger partial charge on any atom is 0.269 e. The van der Waals surface area contributed by atoms with Crippen LogP contribution in [-0.4, -0.2) is 10.8 Å². The number of nitro groups is 1. The Labute approximate surface area is 183 Å². The van der Waals surface area contributed by atoms with Gasteiger partial charge in [0.25, 0.3) is 11.6 Å². The van der Waals surface area contributed by atoms with E-state index in [1.54, 1.807) is 60.7 Å². The lowest BCUT2D eigenvalue weighted by molar-refractivity contribution is -0.384. The van der Waals surface area contributed by atoms with Crippen molar-refractivity contribution in [2.24, 2.45) is 0 Å². The SMILES string of the molecule is N#C/C(=C\c1ccccc1OCc1ccc([N+](=O)[O-])cc1)C(=O)Nc1ccccc1Cl. The fourth-order valence-corrected chi connectivity index (χ4v) is 2.85. The number of hydrogen-bond donors (Lipinski definition) is 1. The topological polar surface area (TPSA) is 105 Å². The molecule has 0 heterocycles. The van der Waals surface area contributed by atoms with Gasteiger partial charge in [0.15, 0.2) is 0 Å². The second kappa shape index (κ2) is 10.1. The summed E-state index contributed by atoms with van der Waals surface area (Å²) < 4.78 is 5.81. The van der Waals surface area contributed by atoms with Crippen LogP contribution in [0.4, 0.5) is 11.4 Å². The lowest BCUT2D eigenvalue weighted by Crippen LogP contribution is -2.13. The highest BCUT2D eigenvalue weighted by Crippen LogP contribution is 2.24. The van der Waals surface area contributed by atoms with E-state index in [9.17, 15) is 20.2 Å². The number of amides is 1. The predicted octanol–water partition coefficient (Wildman–Crippen LogP) is 5.37. The highest BCUT2D eigenvalue weighted by molar-refractivity contribution is 6.34. The minimum atomic E-state index is -0.597. The van der Waals surface area contributed by atoms with Gasteiger partial charge in [0.1, 0.15) is 24.0 Å². The number of non-ortho nitro benzene ring substituents is 1. The first kappa shape index (κ1) is 21.6. The molecule has 1 amide bonds. The number of para-hydroxylation sites is 2. The van der Waals surface area contributed by atoms with Gasteiger partial charge in [-0.25, -0.2) is 0 Å². The van der Waals surface area contributed by atoms with Crippen LogP contribution < -0.4 is 10.1 Å². The van der Waals surface area contributed by atoms with Crippen LogP contribution in [0.1, 0.15) is 11.1 Å². The van der Waals surface area contributed by atoms with Crippen LogP contribution in [0.25, 0.3) is 6.08 Å². The average molecular weight is 434 g/mol. The third kappa shape index (κ3) is 5.69. The van der Waals surface area contributed by atoms with Gasteiger partial charge in [0.2, 0.25) is 0 Å². The Morgan fingerprint density at radius 2 is 1.77 bits per heavy atom. The van der Waals surface area contributed by atoms with Crippen molar-refractivity contribution in [1.29, 1.82) is 5.26 Å².